The van der Waals surface area contributed by atoms with Crippen LogP contribution in [0.25, 0.3) is 0 Å². The zero-order chi connectivity index (χ0) is 12.5. The molecule has 0 aromatic heterocycles. The second-order valence-electron chi connectivity index (χ2n) is 3.08. The van der Waals surface area contributed by atoms with Gasteiger partial charge in [-0.15, -0.1) is 0 Å². The van der Waals surface area contributed by atoms with E-state index < -0.39 is 34.1 Å². The van der Waals surface area contributed by atoms with Gasteiger partial charge in [0.25, 0.3) is 6.43 Å². The molecule has 0 atom stereocenters. The Morgan fingerprint density at radius 1 is 1.50 bits per heavy atom. The first-order valence-electron chi connectivity index (χ1n) is 4.22. The molecule has 0 bridgehead atoms. The van der Waals surface area contributed by atoms with Crippen LogP contribution in [-0.4, -0.2) is 10.7 Å². The lowest BCUT2D eigenvalue weighted by Crippen LogP contribution is -2.07. The Bertz CT molecular complexity index is 460. The summed E-state index contributed by atoms with van der Waals surface area (Å²) in [6.07, 6.45) is -2.92. The van der Waals surface area contributed by atoms with Crippen molar-refractivity contribution in [2.75, 3.05) is 5.73 Å². The molecular formula is C9H8F2N2O3. The molecule has 0 radical (unpaired) electrons. The van der Waals surface area contributed by atoms with Crippen molar-refractivity contribution < 1.29 is 18.5 Å². The number of nitro benzene ring substituents is 1. The Hall–Kier alpha value is -2.05. The van der Waals surface area contributed by atoms with Gasteiger partial charge in [0.15, 0.2) is 5.78 Å². The zero-order valence-corrected chi connectivity index (χ0v) is 8.24. The average molecular weight is 230 g/mol. The molecule has 1 aromatic rings. The first-order chi connectivity index (χ1) is 7.36. The van der Waals surface area contributed by atoms with Gasteiger partial charge >= 0.3 is 5.69 Å². The highest BCUT2D eigenvalue weighted by atomic mass is 19.3. The Balaban J connectivity index is 3.54. The predicted molar refractivity (Wildman–Crippen MR) is 52.5 cm³/mol. The number of nitrogen functional groups attached to an aromatic ring is 1. The van der Waals surface area contributed by atoms with Crippen molar-refractivity contribution in [1.29, 1.82) is 0 Å². The number of anilines is 1. The predicted octanol–water partition coefficient (Wildman–Crippen LogP) is 2.32. The highest BCUT2D eigenvalue weighted by molar-refractivity contribution is 6.00. The van der Waals surface area contributed by atoms with Crippen LogP contribution in [0.4, 0.5) is 20.2 Å². The van der Waals surface area contributed by atoms with E-state index in [-0.39, 0.29) is 5.56 Å². The monoisotopic (exact) mass is 230 g/mol. The molecule has 0 saturated carbocycles. The standard InChI is InChI=1S/C9H8F2N2O3/c1-4(14)5-2-3-6(9(10)11)7(12)8(5)13(15)16/h2-3,9H,12H2,1H3. The van der Waals surface area contributed by atoms with Crippen LogP contribution < -0.4 is 5.73 Å². The van der Waals surface area contributed by atoms with Gasteiger partial charge in [-0.1, -0.05) is 6.07 Å². The van der Waals surface area contributed by atoms with Gasteiger partial charge in [0.1, 0.15) is 5.69 Å². The topological polar surface area (TPSA) is 86.2 Å². The van der Waals surface area contributed by atoms with Gasteiger partial charge in [0.05, 0.1) is 10.5 Å². The van der Waals surface area contributed by atoms with Gasteiger partial charge in [-0.25, -0.2) is 8.78 Å². The van der Waals surface area contributed by atoms with E-state index in [0.717, 1.165) is 19.1 Å². The first kappa shape index (κ1) is 12.0. The van der Waals surface area contributed by atoms with Crippen LogP contribution in [-0.2, 0) is 0 Å². The molecule has 0 fully saturated rings. The van der Waals surface area contributed by atoms with Crippen molar-refractivity contribution in [3.63, 3.8) is 0 Å². The second kappa shape index (κ2) is 4.21. The maximum absolute atomic E-state index is 12.4. The molecule has 0 spiro atoms. The maximum Gasteiger partial charge on any atom is 0.303 e. The van der Waals surface area contributed by atoms with E-state index in [2.05, 4.69) is 0 Å². The number of Topliss-reactive ketones (excluding diaryl/α,β-unsaturated/α-hetero) is 1. The molecule has 0 heterocycles. The number of carbonyl (C=O) groups is 1. The summed E-state index contributed by atoms with van der Waals surface area (Å²) in [5.41, 5.74) is 2.92. The number of hydrogen-bond acceptors (Lipinski definition) is 4. The smallest absolute Gasteiger partial charge is 0.303 e. The van der Waals surface area contributed by atoms with Crippen LogP contribution in [0.2, 0.25) is 0 Å². The largest absolute Gasteiger partial charge is 0.393 e. The number of alkyl halides is 2. The fourth-order valence-electron chi connectivity index (χ4n) is 1.29. The lowest BCUT2D eigenvalue weighted by molar-refractivity contribution is -0.384. The molecule has 1 rings (SSSR count). The number of hydrogen-bond donors (Lipinski definition) is 1. The van der Waals surface area contributed by atoms with E-state index in [9.17, 15) is 23.7 Å². The molecule has 0 aliphatic rings. The SMILES string of the molecule is CC(=O)c1ccc(C(F)F)c(N)c1[N+](=O)[O-]. The summed E-state index contributed by atoms with van der Waals surface area (Å²) in [6, 6.07) is 1.90. The third kappa shape index (κ3) is 1.97. The first-order valence-corrected chi connectivity index (χ1v) is 4.22. The van der Waals surface area contributed by atoms with Crippen LogP contribution in [0.5, 0.6) is 0 Å². The van der Waals surface area contributed by atoms with Crippen LogP contribution >= 0.6 is 0 Å². The van der Waals surface area contributed by atoms with Crippen molar-refractivity contribution in [3.05, 3.63) is 33.4 Å². The molecule has 1 aromatic carbocycles. The van der Waals surface area contributed by atoms with Gasteiger partial charge in [-0.05, 0) is 13.0 Å². The summed E-state index contributed by atoms with van der Waals surface area (Å²) in [6.45, 7) is 1.10. The molecule has 86 valence electrons. The van der Waals surface area contributed by atoms with Gasteiger partial charge in [0.2, 0.25) is 0 Å². The van der Waals surface area contributed by atoms with Crippen molar-refractivity contribution in [2.24, 2.45) is 0 Å². The fraction of sp³-hybridized carbons (Fsp3) is 0.222. The molecule has 0 aliphatic heterocycles. The molecule has 0 amide bonds. The zero-order valence-electron chi connectivity index (χ0n) is 8.24. The van der Waals surface area contributed by atoms with Crippen molar-refractivity contribution in [2.45, 2.75) is 13.3 Å². The van der Waals surface area contributed by atoms with Gasteiger partial charge in [-0.2, -0.15) is 0 Å². The fourth-order valence-corrected chi connectivity index (χ4v) is 1.29. The molecule has 16 heavy (non-hydrogen) atoms. The highest BCUT2D eigenvalue weighted by Crippen LogP contribution is 2.35. The number of benzene rings is 1. The van der Waals surface area contributed by atoms with Gasteiger partial charge < -0.3 is 5.73 Å². The summed E-state index contributed by atoms with van der Waals surface area (Å²) in [5.74, 6) is -0.598. The number of nitrogens with zero attached hydrogens (tertiary/aromatic N) is 1. The van der Waals surface area contributed by atoms with Crippen LogP contribution in [0.15, 0.2) is 12.1 Å². The molecule has 5 nitrogen and oxygen atoms in total. The van der Waals surface area contributed by atoms with E-state index in [1.54, 1.807) is 0 Å². The number of ketones is 1. The van der Waals surface area contributed by atoms with E-state index in [1.165, 1.54) is 0 Å². The van der Waals surface area contributed by atoms with Gasteiger partial charge in [0, 0.05) is 5.56 Å². The van der Waals surface area contributed by atoms with Crippen LogP contribution in [0, 0.1) is 10.1 Å². The summed E-state index contributed by atoms with van der Waals surface area (Å²) in [5, 5.41) is 10.7. The van der Waals surface area contributed by atoms with Crippen LogP contribution in [0.3, 0.4) is 0 Å². The molecular weight excluding hydrogens is 222 g/mol. The molecule has 0 unspecified atom stereocenters. The van der Waals surface area contributed by atoms with Crippen molar-refractivity contribution in [3.8, 4) is 0 Å². The lowest BCUT2D eigenvalue weighted by atomic mass is 10.0. The summed E-state index contributed by atoms with van der Waals surface area (Å²) in [4.78, 5) is 20.8. The van der Waals surface area contributed by atoms with E-state index in [4.69, 9.17) is 5.73 Å². The van der Waals surface area contributed by atoms with Crippen molar-refractivity contribution >= 4 is 17.2 Å². The number of rotatable bonds is 3. The Kier molecular flexibility index (Phi) is 3.17. The third-order valence-electron chi connectivity index (χ3n) is 2.05. The molecule has 7 heteroatoms. The molecule has 2 N–H and O–H groups in total. The number of carbonyl (C=O) groups excluding carboxylic acids is 1. The number of nitrogens with two attached hydrogens (primary N) is 1. The Labute approximate surface area is 89.0 Å². The van der Waals surface area contributed by atoms with Gasteiger partial charge in [-0.3, -0.25) is 14.9 Å². The van der Waals surface area contributed by atoms with E-state index in [1.807, 2.05) is 0 Å². The normalized spacial score (nSPS) is 10.5. The van der Waals surface area contributed by atoms with Crippen molar-refractivity contribution in [1.82, 2.24) is 0 Å². The van der Waals surface area contributed by atoms with E-state index in [0.29, 0.717) is 0 Å². The Morgan fingerprint density at radius 2 is 2.06 bits per heavy atom. The Morgan fingerprint density at radius 3 is 2.44 bits per heavy atom. The molecule has 0 saturated heterocycles. The minimum Gasteiger partial charge on any atom is -0.393 e. The maximum atomic E-state index is 12.4. The number of halogens is 2. The molecule has 0 aliphatic carbocycles. The average Bonchev–Trinajstić information content (AvgIpc) is 2.15. The summed E-state index contributed by atoms with van der Waals surface area (Å²) < 4.78 is 24.8. The minimum absolute atomic E-state index is 0.271. The van der Waals surface area contributed by atoms with Crippen LogP contribution in [0.1, 0.15) is 29.3 Å². The summed E-state index contributed by atoms with van der Waals surface area (Å²) >= 11 is 0. The van der Waals surface area contributed by atoms with E-state index >= 15 is 0 Å². The quantitative estimate of drug-likeness (QED) is 0.373. The second-order valence-corrected chi connectivity index (χ2v) is 3.08. The number of nitro groups is 1. The summed E-state index contributed by atoms with van der Waals surface area (Å²) in [7, 11) is 0. The third-order valence-corrected chi connectivity index (χ3v) is 2.05. The minimum atomic E-state index is -2.92. The lowest BCUT2D eigenvalue weighted by Gasteiger charge is -2.07. The highest BCUT2D eigenvalue weighted by Gasteiger charge is 2.26.